The lowest BCUT2D eigenvalue weighted by atomic mass is 10.2. The number of nitrogens with one attached hydrogen (secondary N) is 1. The molecule has 3 rings (SSSR count). The maximum Gasteiger partial charge on any atom is 0.240 e. The third-order valence-electron chi connectivity index (χ3n) is 3.80. The summed E-state index contributed by atoms with van der Waals surface area (Å²) < 4.78 is 37.6. The Hall–Kier alpha value is -2.29. The summed E-state index contributed by atoms with van der Waals surface area (Å²) in [6.07, 6.45) is 0. The number of nitrogens with zero attached hydrogens (tertiary/aromatic N) is 1. The molecule has 1 aliphatic heterocycles. The molecule has 7 nitrogen and oxygen atoms in total. The predicted molar refractivity (Wildman–Crippen MR) is 97.2 cm³/mol. The van der Waals surface area contributed by atoms with Crippen LogP contribution in [0.4, 0.5) is 5.69 Å². The van der Waals surface area contributed by atoms with Crippen LogP contribution in [-0.4, -0.2) is 34.2 Å². The molecule has 1 N–H and O–H groups in total. The number of anilines is 1. The Labute approximate surface area is 156 Å². The fourth-order valence-electron chi connectivity index (χ4n) is 2.51. The van der Waals surface area contributed by atoms with Gasteiger partial charge >= 0.3 is 0 Å². The zero-order valence-electron chi connectivity index (χ0n) is 13.9. The Morgan fingerprint density at radius 2 is 1.85 bits per heavy atom. The Bertz CT molecular complexity index is 915. The molecule has 0 atom stereocenters. The predicted octanol–water partition coefficient (Wildman–Crippen LogP) is 2.40. The molecule has 0 fully saturated rings. The van der Waals surface area contributed by atoms with Crippen molar-refractivity contribution in [2.24, 2.45) is 0 Å². The average molecular weight is 397 g/mol. The van der Waals surface area contributed by atoms with Gasteiger partial charge in [-0.15, -0.1) is 0 Å². The minimum Gasteiger partial charge on any atom is -0.454 e. The number of ether oxygens (including phenoxy) is 2. The van der Waals surface area contributed by atoms with Crippen LogP contribution in [0.3, 0.4) is 0 Å². The van der Waals surface area contributed by atoms with E-state index in [0.717, 1.165) is 0 Å². The van der Waals surface area contributed by atoms with E-state index in [0.29, 0.717) is 22.2 Å². The quantitative estimate of drug-likeness (QED) is 0.810. The summed E-state index contributed by atoms with van der Waals surface area (Å²) in [5.41, 5.74) is 0.604. The van der Waals surface area contributed by atoms with Crippen LogP contribution in [0.2, 0.25) is 5.02 Å². The number of hydrogen-bond acceptors (Lipinski definition) is 5. The maximum atomic E-state index is 12.3. The minimum atomic E-state index is -3.68. The fraction of sp³-hybridized carbons (Fsp3) is 0.235. The van der Waals surface area contributed by atoms with Gasteiger partial charge in [0.2, 0.25) is 22.7 Å². The standard InChI is InChI=1S/C17H17ClN2O5S/c1-12(21)20(14-4-7-16-17(10-14)25-11-24-16)9-8-19-26(22,23)15-5-2-13(18)3-6-15/h2-7,10,19H,8-9,11H2,1H3. The van der Waals surface area contributed by atoms with Crippen LogP contribution >= 0.6 is 11.6 Å². The largest absolute Gasteiger partial charge is 0.454 e. The van der Waals surface area contributed by atoms with E-state index in [1.807, 2.05) is 0 Å². The van der Waals surface area contributed by atoms with Crippen molar-refractivity contribution >= 4 is 33.2 Å². The van der Waals surface area contributed by atoms with Gasteiger partial charge in [-0.3, -0.25) is 4.79 Å². The Morgan fingerprint density at radius 3 is 2.54 bits per heavy atom. The van der Waals surface area contributed by atoms with Gasteiger partial charge in [-0.05, 0) is 36.4 Å². The van der Waals surface area contributed by atoms with E-state index in [4.69, 9.17) is 21.1 Å². The van der Waals surface area contributed by atoms with Crippen LogP contribution in [0, 0.1) is 0 Å². The highest BCUT2D eigenvalue weighted by molar-refractivity contribution is 7.89. The topological polar surface area (TPSA) is 84.9 Å². The molecule has 0 aliphatic carbocycles. The second-order valence-electron chi connectivity index (χ2n) is 5.56. The van der Waals surface area contributed by atoms with Gasteiger partial charge in [0.15, 0.2) is 11.5 Å². The van der Waals surface area contributed by atoms with Crippen molar-refractivity contribution in [3.8, 4) is 11.5 Å². The van der Waals surface area contributed by atoms with Gasteiger partial charge in [-0.2, -0.15) is 0 Å². The van der Waals surface area contributed by atoms with Gasteiger partial charge in [0.25, 0.3) is 0 Å². The number of amides is 1. The monoisotopic (exact) mass is 396 g/mol. The third-order valence-corrected chi connectivity index (χ3v) is 5.53. The van der Waals surface area contributed by atoms with E-state index < -0.39 is 10.0 Å². The highest BCUT2D eigenvalue weighted by atomic mass is 35.5. The van der Waals surface area contributed by atoms with Gasteiger partial charge in [0, 0.05) is 36.8 Å². The zero-order chi connectivity index (χ0) is 18.7. The molecule has 0 unspecified atom stereocenters. The number of carbonyl (C=O) groups is 1. The second kappa shape index (κ2) is 7.53. The van der Waals surface area contributed by atoms with Gasteiger partial charge in [0.1, 0.15) is 0 Å². The van der Waals surface area contributed by atoms with Crippen LogP contribution in [-0.2, 0) is 14.8 Å². The Kier molecular flexibility index (Phi) is 5.36. The number of benzene rings is 2. The lowest BCUT2D eigenvalue weighted by molar-refractivity contribution is -0.116. The number of sulfonamides is 1. The molecule has 2 aromatic carbocycles. The van der Waals surface area contributed by atoms with Crippen LogP contribution in [0.15, 0.2) is 47.4 Å². The summed E-state index contributed by atoms with van der Waals surface area (Å²) in [4.78, 5) is 13.5. The summed E-state index contributed by atoms with van der Waals surface area (Å²) in [6.45, 7) is 1.78. The second-order valence-corrected chi connectivity index (χ2v) is 7.76. The Morgan fingerprint density at radius 1 is 1.15 bits per heavy atom. The van der Waals surface area contributed by atoms with Crippen molar-refractivity contribution in [1.82, 2.24) is 4.72 Å². The number of rotatable bonds is 6. The van der Waals surface area contributed by atoms with Gasteiger partial charge in [-0.25, -0.2) is 13.1 Å². The molecule has 138 valence electrons. The lowest BCUT2D eigenvalue weighted by Crippen LogP contribution is -2.37. The van der Waals surface area contributed by atoms with Gasteiger partial charge in [0.05, 0.1) is 4.90 Å². The van der Waals surface area contributed by atoms with Crippen LogP contribution < -0.4 is 19.1 Å². The summed E-state index contributed by atoms with van der Waals surface area (Å²) >= 11 is 5.77. The minimum absolute atomic E-state index is 0.0545. The van der Waals surface area contributed by atoms with Crippen LogP contribution in [0.25, 0.3) is 0 Å². The van der Waals surface area contributed by atoms with E-state index in [-0.39, 0.29) is 30.7 Å². The molecule has 2 aromatic rings. The number of hydrogen-bond donors (Lipinski definition) is 1. The first-order valence-corrected chi connectivity index (χ1v) is 9.66. The van der Waals surface area contributed by atoms with Crippen LogP contribution in [0.5, 0.6) is 11.5 Å². The third kappa shape index (κ3) is 4.09. The molecule has 0 aromatic heterocycles. The van der Waals surface area contributed by atoms with Crippen molar-refractivity contribution < 1.29 is 22.7 Å². The molecule has 0 bridgehead atoms. The molecule has 1 amide bonds. The first-order valence-electron chi connectivity index (χ1n) is 7.80. The zero-order valence-corrected chi connectivity index (χ0v) is 15.5. The van der Waals surface area contributed by atoms with Crippen molar-refractivity contribution in [2.75, 3.05) is 24.8 Å². The summed E-state index contributed by atoms with van der Waals surface area (Å²) in [5, 5.41) is 0.453. The molecule has 0 spiro atoms. The van der Waals surface area contributed by atoms with E-state index in [1.54, 1.807) is 18.2 Å². The lowest BCUT2D eigenvalue weighted by Gasteiger charge is -2.21. The molecule has 26 heavy (non-hydrogen) atoms. The normalized spacial score (nSPS) is 12.8. The summed E-state index contributed by atoms with van der Waals surface area (Å²) in [6, 6.07) is 11.0. The number of halogens is 1. The molecular weight excluding hydrogens is 380 g/mol. The molecule has 9 heteroatoms. The fourth-order valence-corrected chi connectivity index (χ4v) is 3.66. The molecule has 0 saturated heterocycles. The van der Waals surface area contributed by atoms with Crippen molar-refractivity contribution in [3.63, 3.8) is 0 Å². The molecule has 0 saturated carbocycles. The van der Waals surface area contributed by atoms with Crippen LogP contribution in [0.1, 0.15) is 6.92 Å². The Balaban J connectivity index is 1.68. The van der Waals surface area contributed by atoms with Gasteiger partial charge in [-0.1, -0.05) is 11.6 Å². The highest BCUT2D eigenvalue weighted by Crippen LogP contribution is 2.35. The van der Waals surface area contributed by atoms with Crippen molar-refractivity contribution in [1.29, 1.82) is 0 Å². The van der Waals surface area contributed by atoms with Gasteiger partial charge < -0.3 is 14.4 Å². The first kappa shape index (κ1) is 18.5. The SMILES string of the molecule is CC(=O)N(CCNS(=O)(=O)c1ccc(Cl)cc1)c1ccc2c(c1)OCO2. The highest BCUT2D eigenvalue weighted by Gasteiger charge is 2.19. The number of carbonyl (C=O) groups excluding carboxylic acids is 1. The summed E-state index contributed by atoms with van der Waals surface area (Å²) in [5.74, 6) is 0.950. The molecular formula is C17H17ClN2O5S. The molecule has 1 heterocycles. The van der Waals surface area contributed by atoms with E-state index >= 15 is 0 Å². The molecule has 0 radical (unpaired) electrons. The first-order chi connectivity index (χ1) is 12.4. The van der Waals surface area contributed by atoms with Crippen molar-refractivity contribution in [2.45, 2.75) is 11.8 Å². The van der Waals surface area contributed by atoms with E-state index in [2.05, 4.69) is 4.72 Å². The maximum absolute atomic E-state index is 12.3. The number of fused-ring (bicyclic) bond motifs is 1. The van der Waals surface area contributed by atoms with E-state index in [1.165, 1.54) is 36.1 Å². The summed E-state index contributed by atoms with van der Waals surface area (Å²) in [7, 11) is -3.68. The van der Waals surface area contributed by atoms with E-state index in [9.17, 15) is 13.2 Å². The van der Waals surface area contributed by atoms with Crippen molar-refractivity contribution in [3.05, 3.63) is 47.5 Å². The molecule has 1 aliphatic rings. The smallest absolute Gasteiger partial charge is 0.240 e. The average Bonchev–Trinajstić information content (AvgIpc) is 3.06.